The van der Waals surface area contributed by atoms with Crippen LogP contribution in [0, 0.1) is 6.92 Å². The van der Waals surface area contributed by atoms with E-state index in [-0.39, 0.29) is 23.6 Å². The third kappa shape index (κ3) is 8.40. The second kappa shape index (κ2) is 15.0. The van der Waals surface area contributed by atoms with Gasteiger partial charge >= 0.3 is 0 Å². The van der Waals surface area contributed by atoms with Gasteiger partial charge in [-0.2, -0.15) is 0 Å². The van der Waals surface area contributed by atoms with Crippen LogP contribution in [0.1, 0.15) is 74.4 Å². The number of aromatic amines is 1. The molecule has 2 fully saturated rings. The number of hydrogen-bond donors (Lipinski definition) is 7. The molecule has 2 amide bonds. The molecule has 0 radical (unpaired) electrons. The predicted octanol–water partition coefficient (Wildman–Crippen LogP) is 0.260. The first-order valence-electron chi connectivity index (χ1n) is 15.8. The van der Waals surface area contributed by atoms with Gasteiger partial charge in [-0.1, -0.05) is 32.0 Å². The van der Waals surface area contributed by atoms with Crippen LogP contribution in [0.15, 0.2) is 18.2 Å². The van der Waals surface area contributed by atoms with E-state index < -0.39 is 42.9 Å². The Bertz CT molecular complexity index is 1310. The second-order valence-electron chi connectivity index (χ2n) is 12.9. The highest BCUT2D eigenvalue weighted by atomic mass is 16.7. The lowest BCUT2D eigenvalue weighted by Gasteiger charge is -2.39. The third-order valence-electron chi connectivity index (χ3n) is 8.55. The first-order valence-corrected chi connectivity index (χ1v) is 15.8. The van der Waals surface area contributed by atoms with Crippen LogP contribution in [-0.2, 0) is 27.2 Å². The van der Waals surface area contributed by atoms with Crippen LogP contribution in [-0.4, -0.2) is 116 Å². The first kappa shape index (κ1) is 34.8. The molecule has 0 spiro atoms. The van der Waals surface area contributed by atoms with E-state index in [2.05, 4.69) is 26.9 Å². The molecule has 45 heavy (non-hydrogen) atoms. The Morgan fingerprint density at radius 1 is 1.16 bits per heavy atom. The number of benzene rings is 1. The number of H-pyrrole nitrogens is 1. The molecular formula is C32H49N5O8. The summed E-state index contributed by atoms with van der Waals surface area (Å²) in [4.78, 5) is 27.4. The smallest absolute Gasteiger partial charge is 0.247 e. The average molecular weight is 632 g/mol. The minimum atomic E-state index is -1.56. The number of aromatic nitrogens is 2. The van der Waals surface area contributed by atoms with Gasteiger partial charge in [0.1, 0.15) is 30.0 Å². The average Bonchev–Trinajstić information content (AvgIpc) is 3.40. The summed E-state index contributed by atoms with van der Waals surface area (Å²) in [6.07, 6.45) is -4.89. The molecule has 5 atom stereocenters. The van der Waals surface area contributed by atoms with Crippen molar-refractivity contribution in [2.24, 2.45) is 0 Å². The van der Waals surface area contributed by atoms with Crippen molar-refractivity contribution in [1.82, 2.24) is 25.7 Å². The number of nitrogens with zero attached hydrogens (tertiary/aromatic N) is 2. The fourth-order valence-corrected chi connectivity index (χ4v) is 5.86. The van der Waals surface area contributed by atoms with Crippen molar-refractivity contribution in [3.05, 3.63) is 46.1 Å². The van der Waals surface area contributed by atoms with Crippen molar-refractivity contribution in [2.75, 3.05) is 32.8 Å². The fraction of sp³-hybridized carbons (Fsp3) is 0.656. The van der Waals surface area contributed by atoms with Gasteiger partial charge in [0.05, 0.1) is 6.61 Å². The number of aliphatic hydroxyl groups excluding tert-OH is 4. The lowest BCUT2D eigenvalue weighted by Crippen LogP contribution is -2.60. The Morgan fingerprint density at radius 2 is 1.87 bits per heavy atom. The molecule has 7 N–H and O–H groups in total. The molecule has 0 bridgehead atoms. The monoisotopic (exact) mass is 631 g/mol. The molecule has 13 heteroatoms. The van der Waals surface area contributed by atoms with Crippen LogP contribution in [0.4, 0.5) is 0 Å². The number of hydrogen-bond acceptors (Lipinski definition) is 10. The summed E-state index contributed by atoms with van der Waals surface area (Å²) in [5, 5.41) is 53.8. The summed E-state index contributed by atoms with van der Waals surface area (Å²) in [5.41, 5.74) is 3.84. The topological polar surface area (TPSA) is 189 Å². The van der Waals surface area contributed by atoms with Gasteiger partial charge in [-0.05, 0) is 56.2 Å². The molecule has 2 saturated heterocycles. The number of piperazine rings is 1. The molecule has 0 saturated carbocycles. The zero-order chi connectivity index (χ0) is 32.9. The van der Waals surface area contributed by atoms with Gasteiger partial charge in [0.25, 0.3) is 0 Å². The zero-order valence-electron chi connectivity index (χ0n) is 26.9. The van der Waals surface area contributed by atoms with E-state index in [1.54, 1.807) is 18.7 Å². The van der Waals surface area contributed by atoms with Crippen molar-refractivity contribution in [1.29, 1.82) is 0 Å². The molecule has 1 aromatic carbocycles. The fourth-order valence-electron chi connectivity index (χ4n) is 5.86. The van der Waals surface area contributed by atoms with E-state index in [0.29, 0.717) is 38.8 Å². The van der Waals surface area contributed by atoms with E-state index in [1.807, 2.05) is 32.9 Å². The van der Waals surface area contributed by atoms with Gasteiger partial charge in [0.15, 0.2) is 0 Å². The number of ether oxygens (including phenoxy) is 2. The molecule has 2 aliphatic heterocycles. The van der Waals surface area contributed by atoms with Crippen LogP contribution in [0.3, 0.4) is 0 Å². The summed E-state index contributed by atoms with van der Waals surface area (Å²) < 4.78 is 11.4. The van der Waals surface area contributed by atoms with Crippen molar-refractivity contribution in [3.8, 4) is 5.88 Å². The van der Waals surface area contributed by atoms with Crippen LogP contribution in [0.25, 0.3) is 0 Å². The Hall–Kier alpha value is -3.07. The van der Waals surface area contributed by atoms with Crippen LogP contribution in [0.5, 0.6) is 5.88 Å². The number of carbonyl (C=O) groups is 2. The summed E-state index contributed by atoms with van der Waals surface area (Å²) >= 11 is 0. The number of amides is 2. The van der Waals surface area contributed by atoms with Crippen molar-refractivity contribution >= 4 is 11.8 Å². The van der Waals surface area contributed by atoms with Crippen molar-refractivity contribution < 1.29 is 39.5 Å². The number of aliphatic hydroxyl groups is 4. The molecule has 2 aliphatic rings. The van der Waals surface area contributed by atoms with Gasteiger partial charge in [0, 0.05) is 50.3 Å². The number of rotatable bonds is 12. The summed E-state index contributed by atoms with van der Waals surface area (Å²) in [5.74, 6) is 0.0758. The molecule has 13 nitrogen and oxygen atoms in total. The van der Waals surface area contributed by atoms with E-state index >= 15 is 0 Å². The Labute approximate surface area is 264 Å². The highest BCUT2D eigenvalue weighted by Crippen LogP contribution is 2.32. The van der Waals surface area contributed by atoms with Gasteiger partial charge < -0.3 is 45.4 Å². The number of aryl methyl sites for hydroxylation is 2. The lowest BCUT2D eigenvalue weighted by atomic mass is 9.94. The summed E-state index contributed by atoms with van der Waals surface area (Å²) in [6.45, 7) is 11.8. The first-order chi connectivity index (χ1) is 21.3. The number of nitrogens with one attached hydrogen (secondary N) is 3. The summed E-state index contributed by atoms with van der Waals surface area (Å²) in [7, 11) is 0. The van der Waals surface area contributed by atoms with E-state index in [4.69, 9.17) is 9.47 Å². The van der Waals surface area contributed by atoms with Gasteiger partial charge in [-0.3, -0.25) is 14.7 Å². The summed E-state index contributed by atoms with van der Waals surface area (Å²) in [6, 6.07) is 6.17. The molecule has 0 unspecified atom stereocenters. The van der Waals surface area contributed by atoms with Crippen molar-refractivity contribution in [2.45, 2.75) is 102 Å². The van der Waals surface area contributed by atoms with Crippen LogP contribution < -0.4 is 15.4 Å². The van der Waals surface area contributed by atoms with Gasteiger partial charge in [-0.15, -0.1) is 5.10 Å². The lowest BCUT2D eigenvalue weighted by molar-refractivity contribution is -0.278. The highest BCUT2D eigenvalue weighted by Gasteiger charge is 2.45. The maximum atomic E-state index is 12.9. The predicted molar refractivity (Wildman–Crippen MR) is 166 cm³/mol. The van der Waals surface area contributed by atoms with E-state index in [9.17, 15) is 30.0 Å². The third-order valence-corrected chi connectivity index (χ3v) is 8.55. The second-order valence-corrected chi connectivity index (χ2v) is 12.9. The maximum absolute atomic E-state index is 12.9. The SMILES string of the molecule is Cc1cc(CCCC(=O)NC(C)(C)C(=O)N2CCNCC2)ccc1Cc1c(O[C@@H]2O[C@H](CO)[C@@H](O)[C@H](O)[C@H]2O)n[nH]c1C(C)C. The zero-order valence-corrected chi connectivity index (χ0v) is 26.9. The molecule has 0 aliphatic carbocycles. The molecular weight excluding hydrogens is 582 g/mol. The van der Waals surface area contributed by atoms with Crippen LogP contribution >= 0.6 is 0 Å². The minimum absolute atomic E-state index is 0.0662. The van der Waals surface area contributed by atoms with Gasteiger partial charge in [0.2, 0.25) is 24.0 Å². The normalized spacial score (nSPS) is 24.1. The van der Waals surface area contributed by atoms with Crippen LogP contribution in [0.2, 0.25) is 0 Å². The molecule has 4 rings (SSSR count). The van der Waals surface area contributed by atoms with Gasteiger partial charge in [-0.25, -0.2) is 0 Å². The number of carbonyl (C=O) groups excluding carboxylic acids is 2. The van der Waals surface area contributed by atoms with Crippen molar-refractivity contribution in [3.63, 3.8) is 0 Å². The largest absolute Gasteiger partial charge is 0.443 e. The molecule has 2 aromatic rings. The quantitative estimate of drug-likeness (QED) is 0.171. The standard InChI is InChI=1S/C32H49N5O8/c1-18(2)25-22(29(36-35-25)45-30-28(42)27(41)26(40)23(17-38)44-30)16-21-10-9-20(15-19(21)3)7-6-8-24(39)34-32(4,5)31(43)37-13-11-33-12-14-37/h9-10,15,18,23,26-28,30,33,38,40-42H,6-8,11-14,16-17H2,1-5H3,(H,34,39)(H,35,36)/t23-,26-,27+,28-,30+/m1/s1. The Balaban J connectivity index is 1.36. The van der Waals surface area contributed by atoms with E-state index in [0.717, 1.165) is 41.0 Å². The molecule has 3 heterocycles. The molecule has 250 valence electrons. The Kier molecular flexibility index (Phi) is 11.6. The highest BCUT2D eigenvalue weighted by molar-refractivity contribution is 5.90. The maximum Gasteiger partial charge on any atom is 0.247 e. The molecule has 1 aromatic heterocycles. The Morgan fingerprint density at radius 3 is 2.51 bits per heavy atom. The minimum Gasteiger partial charge on any atom is -0.443 e. The van der Waals surface area contributed by atoms with E-state index in [1.165, 1.54) is 0 Å².